The van der Waals surface area contributed by atoms with Gasteiger partial charge in [-0.05, 0) is 24.6 Å². The van der Waals surface area contributed by atoms with Gasteiger partial charge in [0.15, 0.2) is 0 Å². The first kappa shape index (κ1) is 14.4. The maximum absolute atomic E-state index is 13.8. The number of likely N-dealkylation sites (tertiary alicyclic amines) is 1. The average Bonchev–Trinajstić information content (AvgIpc) is 2.87. The molecule has 0 radical (unpaired) electrons. The van der Waals surface area contributed by atoms with Gasteiger partial charge in [0, 0.05) is 38.9 Å². The highest BCUT2D eigenvalue weighted by atomic mass is 19.1. The summed E-state index contributed by atoms with van der Waals surface area (Å²) in [5, 5.41) is 3.26. The van der Waals surface area contributed by atoms with E-state index in [1.807, 2.05) is 12.1 Å². The van der Waals surface area contributed by atoms with E-state index in [-0.39, 0.29) is 5.82 Å². The third-order valence-corrected chi connectivity index (χ3v) is 3.65. The Bertz CT molecular complexity index is 411. The standard InChI is InChI=1S/C15H23FN2O/c1-3-17-9-12-4-5-15(16)13(8-12)10-18-7-6-14(11-18)19-2/h4-5,8,14,17H,3,6-7,9-11H2,1-2H3. The maximum atomic E-state index is 13.8. The first-order valence-electron chi connectivity index (χ1n) is 6.96. The zero-order valence-electron chi connectivity index (χ0n) is 11.8. The van der Waals surface area contributed by atoms with Crippen molar-refractivity contribution in [1.82, 2.24) is 10.2 Å². The van der Waals surface area contributed by atoms with Gasteiger partial charge in [-0.15, -0.1) is 0 Å². The van der Waals surface area contributed by atoms with E-state index in [0.29, 0.717) is 12.6 Å². The highest BCUT2D eigenvalue weighted by Gasteiger charge is 2.22. The summed E-state index contributed by atoms with van der Waals surface area (Å²) >= 11 is 0. The molecule has 1 aliphatic rings. The fourth-order valence-corrected chi connectivity index (χ4v) is 2.50. The van der Waals surface area contributed by atoms with Crippen molar-refractivity contribution in [3.63, 3.8) is 0 Å². The summed E-state index contributed by atoms with van der Waals surface area (Å²) in [6, 6.07) is 5.40. The van der Waals surface area contributed by atoms with Crippen molar-refractivity contribution in [2.75, 3.05) is 26.7 Å². The van der Waals surface area contributed by atoms with Gasteiger partial charge in [-0.25, -0.2) is 4.39 Å². The van der Waals surface area contributed by atoms with Gasteiger partial charge in [0.2, 0.25) is 0 Å². The Hall–Kier alpha value is -0.970. The molecule has 0 saturated carbocycles. The monoisotopic (exact) mass is 266 g/mol. The molecule has 3 nitrogen and oxygen atoms in total. The number of hydrogen-bond donors (Lipinski definition) is 1. The molecule has 1 heterocycles. The van der Waals surface area contributed by atoms with E-state index >= 15 is 0 Å². The number of halogens is 1. The van der Waals surface area contributed by atoms with E-state index in [4.69, 9.17) is 4.74 Å². The Morgan fingerprint density at radius 3 is 3.00 bits per heavy atom. The molecule has 0 aliphatic carbocycles. The van der Waals surface area contributed by atoms with Gasteiger partial charge in [0.1, 0.15) is 5.82 Å². The van der Waals surface area contributed by atoms with Gasteiger partial charge in [0.25, 0.3) is 0 Å². The third kappa shape index (κ3) is 4.00. The highest BCUT2D eigenvalue weighted by Crippen LogP contribution is 2.18. The summed E-state index contributed by atoms with van der Waals surface area (Å²) in [7, 11) is 1.74. The summed E-state index contributed by atoms with van der Waals surface area (Å²) < 4.78 is 19.2. The first-order valence-corrected chi connectivity index (χ1v) is 6.96. The van der Waals surface area contributed by atoms with Crippen LogP contribution in [0.3, 0.4) is 0 Å². The number of benzene rings is 1. The smallest absolute Gasteiger partial charge is 0.127 e. The van der Waals surface area contributed by atoms with Crippen molar-refractivity contribution < 1.29 is 9.13 Å². The maximum Gasteiger partial charge on any atom is 0.127 e. The Labute approximate surface area is 114 Å². The van der Waals surface area contributed by atoms with Crippen LogP contribution in [0.25, 0.3) is 0 Å². The van der Waals surface area contributed by atoms with Gasteiger partial charge in [-0.2, -0.15) is 0 Å². The first-order chi connectivity index (χ1) is 9.22. The molecule has 1 aromatic carbocycles. The second-order valence-corrected chi connectivity index (χ2v) is 5.09. The molecule has 1 saturated heterocycles. The SMILES string of the molecule is CCNCc1ccc(F)c(CN2CCC(OC)C2)c1. The molecule has 1 N–H and O–H groups in total. The molecule has 0 aromatic heterocycles. The zero-order chi connectivity index (χ0) is 13.7. The second kappa shape index (κ2) is 6.98. The van der Waals surface area contributed by atoms with E-state index in [1.54, 1.807) is 13.2 Å². The van der Waals surface area contributed by atoms with Crippen molar-refractivity contribution in [3.05, 3.63) is 35.1 Å². The van der Waals surface area contributed by atoms with E-state index < -0.39 is 0 Å². The van der Waals surface area contributed by atoms with Crippen LogP contribution in [-0.4, -0.2) is 37.7 Å². The summed E-state index contributed by atoms with van der Waals surface area (Å²) in [4.78, 5) is 2.25. The highest BCUT2D eigenvalue weighted by molar-refractivity contribution is 5.25. The minimum atomic E-state index is -0.110. The molecule has 2 rings (SSSR count). The van der Waals surface area contributed by atoms with Crippen LogP contribution in [0.4, 0.5) is 4.39 Å². The molecule has 1 atom stereocenters. The molecule has 1 fully saturated rings. The predicted molar refractivity (Wildman–Crippen MR) is 74.5 cm³/mol. The molecule has 1 aromatic rings. The van der Waals surface area contributed by atoms with Crippen molar-refractivity contribution in [1.29, 1.82) is 0 Å². The molecule has 0 bridgehead atoms. The molecular formula is C15H23FN2O. The summed E-state index contributed by atoms with van der Waals surface area (Å²) in [6.45, 7) is 6.34. The minimum absolute atomic E-state index is 0.110. The largest absolute Gasteiger partial charge is 0.380 e. The average molecular weight is 266 g/mol. The van der Waals surface area contributed by atoms with E-state index in [0.717, 1.165) is 43.7 Å². The van der Waals surface area contributed by atoms with Gasteiger partial charge in [-0.3, -0.25) is 4.90 Å². The molecule has 0 amide bonds. The lowest BCUT2D eigenvalue weighted by atomic mass is 10.1. The quantitative estimate of drug-likeness (QED) is 0.854. The van der Waals surface area contributed by atoms with Gasteiger partial charge >= 0.3 is 0 Å². The minimum Gasteiger partial charge on any atom is -0.380 e. The normalized spacial score (nSPS) is 20.1. The number of methoxy groups -OCH3 is 1. The van der Waals surface area contributed by atoms with Crippen LogP contribution >= 0.6 is 0 Å². The van der Waals surface area contributed by atoms with Crippen LogP contribution in [0, 0.1) is 5.82 Å². The van der Waals surface area contributed by atoms with Crippen molar-refractivity contribution in [2.45, 2.75) is 32.5 Å². The van der Waals surface area contributed by atoms with E-state index in [9.17, 15) is 4.39 Å². The topological polar surface area (TPSA) is 24.5 Å². The van der Waals surface area contributed by atoms with Gasteiger partial charge in [0.05, 0.1) is 6.10 Å². The summed E-state index contributed by atoms with van der Waals surface area (Å²) in [5.74, 6) is -0.110. The number of nitrogens with zero attached hydrogens (tertiary/aromatic N) is 1. The fourth-order valence-electron chi connectivity index (χ4n) is 2.50. The lowest BCUT2D eigenvalue weighted by Crippen LogP contribution is -2.23. The lowest BCUT2D eigenvalue weighted by Gasteiger charge is -2.17. The summed E-state index contributed by atoms with van der Waals surface area (Å²) in [6.07, 6.45) is 1.34. The van der Waals surface area contributed by atoms with Gasteiger partial charge in [-0.1, -0.05) is 19.1 Å². The second-order valence-electron chi connectivity index (χ2n) is 5.09. The van der Waals surface area contributed by atoms with Crippen LogP contribution in [-0.2, 0) is 17.8 Å². The third-order valence-electron chi connectivity index (χ3n) is 3.65. The van der Waals surface area contributed by atoms with Crippen LogP contribution in [0.1, 0.15) is 24.5 Å². The summed E-state index contributed by atoms with van der Waals surface area (Å²) in [5.41, 5.74) is 1.92. The molecule has 19 heavy (non-hydrogen) atoms. The van der Waals surface area contributed by atoms with Crippen LogP contribution in [0.15, 0.2) is 18.2 Å². The number of rotatable bonds is 6. The van der Waals surface area contributed by atoms with Crippen molar-refractivity contribution in [2.24, 2.45) is 0 Å². The molecular weight excluding hydrogens is 243 g/mol. The van der Waals surface area contributed by atoms with E-state index in [1.165, 1.54) is 0 Å². The molecule has 1 unspecified atom stereocenters. The zero-order valence-corrected chi connectivity index (χ0v) is 11.8. The number of ether oxygens (including phenoxy) is 1. The van der Waals surface area contributed by atoms with Crippen molar-refractivity contribution in [3.8, 4) is 0 Å². The number of nitrogens with one attached hydrogen (secondary N) is 1. The molecule has 1 aliphatic heterocycles. The molecule has 0 spiro atoms. The van der Waals surface area contributed by atoms with Crippen LogP contribution in [0.5, 0.6) is 0 Å². The van der Waals surface area contributed by atoms with Crippen LogP contribution < -0.4 is 5.32 Å². The van der Waals surface area contributed by atoms with Crippen LogP contribution in [0.2, 0.25) is 0 Å². The van der Waals surface area contributed by atoms with Gasteiger partial charge < -0.3 is 10.1 Å². The Kier molecular flexibility index (Phi) is 5.31. The fraction of sp³-hybridized carbons (Fsp3) is 0.600. The Morgan fingerprint density at radius 2 is 2.32 bits per heavy atom. The Morgan fingerprint density at radius 1 is 1.47 bits per heavy atom. The molecule has 106 valence electrons. The Balaban J connectivity index is 1.98. The predicted octanol–water partition coefficient (Wildman–Crippen LogP) is 2.16. The molecule has 4 heteroatoms. The number of hydrogen-bond acceptors (Lipinski definition) is 3. The van der Waals surface area contributed by atoms with Crippen molar-refractivity contribution >= 4 is 0 Å². The lowest BCUT2D eigenvalue weighted by molar-refractivity contribution is 0.107. The van der Waals surface area contributed by atoms with E-state index in [2.05, 4.69) is 17.1 Å².